The molecular weight excluding hydrogens is 286 g/mol. The molecule has 2 rings (SSSR count). The topological polar surface area (TPSA) is 20.3 Å². The number of rotatable bonds is 5. The summed E-state index contributed by atoms with van der Waals surface area (Å²) >= 11 is 0. The summed E-state index contributed by atoms with van der Waals surface area (Å²) in [6, 6.07) is 13.8. The van der Waals surface area contributed by atoms with Gasteiger partial charge >= 0.3 is 0 Å². The van der Waals surface area contributed by atoms with Crippen LogP contribution in [0.25, 0.3) is 6.08 Å². The van der Waals surface area contributed by atoms with Crippen LogP contribution in [0.1, 0.15) is 21.5 Å². The molecule has 0 N–H and O–H groups in total. The second-order valence-electron chi connectivity index (χ2n) is 5.98. The zero-order valence-electron chi connectivity index (χ0n) is 13.8. The van der Waals surface area contributed by atoms with Crippen molar-refractivity contribution in [3.05, 3.63) is 65.7 Å². The van der Waals surface area contributed by atoms with Gasteiger partial charge in [-0.2, -0.15) is 0 Å². The van der Waals surface area contributed by atoms with Crippen molar-refractivity contribution in [3.8, 4) is 0 Å². The number of benzene rings is 2. The minimum atomic E-state index is -1.10. The van der Waals surface area contributed by atoms with Gasteiger partial charge in [-0.3, -0.25) is 4.79 Å². The van der Waals surface area contributed by atoms with Crippen molar-refractivity contribution < 1.29 is 4.79 Å². The lowest BCUT2D eigenvalue weighted by Gasteiger charge is -2.18. The fourth-order valence-corrected chi connectivity index (χ4v) is 3.79. The van der Waals surface area contributed by atoms with Crippen molar-refractivity contribution in [1.29, 1.82) is 0 Å². The molecule has 2 aromatic carbocycles. The number of anilines is 1. The van der Waals surface area contributed by atoms with Gasteiger partial charge in [-0.15, -0.1) is 0 Å². The first-order valence-electron chi connectivity index (χ1n) is 7.52. The fraction of sp³-hybridized carbons (Fsp3) is 0.211. The molecule has 114 valence electrons. The zero-order chi connectivity index (χ0) is 16.3. The summed E-state index contributed by atoms with van der Waals surface area (Å²) in [5.74, 6) is 0.108. The van der Waals surface area contributed by atoms with Crippen LogP contribution in [0.15, 0.2) is 49.0 Å². The maximum atomic E-state index is 12.8. The van der Waals surface area contributed by atoms with Crippen LogP contribution >= 0.6 is 0 Å². The van der Waals surface area contributed by atoms with Crippen molar-refractivity contribution in [2.45, 2.75) is 13.1 Å². The third-order valence-electron chi connectivity index (χ3n) is 3.83. The Kier molecular flexibility index (Phi) is 4.98. The van der Waals surface area contributed by atoms with E-state index in [0.717, 1.165) is 22.4 Å². The Labute approximate surface area is 134 Å². The summed E-state index contributed by atoms with van der Waals surface area (Å²) in [6.45, 7) is 8.26. The predicted molar refractivity (Wildman–Crippen MR) is 99.2 cm³/mol. The normalized spacial score (nSPS) is 10.6. The molecule has 2 aromatic rings. The lowest BCUT2D eigenvalue weighted by atomic mass is 10.0. The monoisotopic (exact) mass is 309 g/mol. The van der Waals surface area contributed by atoms with Gasteiger partial charge in [-0.1, -0.05) is 55.2 Å². The van der Waals surface area contributed by atoms with Crippen LogP contribution in [0.4, 0.5) is 5.69 Å². The van der Waals surface area contributed by atoms with Crippen molar-refractivity contribution in [2.24, 2.45) is 0 Å². The molecule has 0 aliphatic carbocycles. The second-order valence-corrected chi connectivity index (χ2v) is 8.91. The average Bonchev–Trinajstić information content (AvgIpc) is 2.53. The van der Waals surface area contributed by atoms with E-state index >= 15 is 0 Å². The van der Waals surface area contributed by atoms with Gasteiger partial charge in [-0.05, 0) is 23.8 Å². The first kappa shape index (κ1) is 16.2. The SMILES string of the molecule is C=Cc1ccc(C(=O)c2ccc(N(C)C)cc2[SiH](C)C)cc1. The molecule has 0 bridgehead atoms. The highest BCUT2D eigenvalue weighted by molar-refractivity contribution is 6.72. The van der Waals surface area contributed by atoms with E-state index in [2.05, 4.69) is 30.6 Å². The maximum absolute atomic E-state index is 12.8. The zero-order valence-corrected chi connectivity index (χ0v) is 14.9. The molecule has 0 fully saturated rings. The molecule has 0 saturated carbocycles. The minimum absolute atomic E-state index is 0.108. The molecule has 0 aliphatic heterocycles. The summed E-state index contributed by atoms with van der Waals surface area (Å²) in [5.41, 5.74) is 3.76. The molecular formula is C19H23NOSi. The second kappa shape index (κ2) is 6.75. The van der Waals surface area contributed by atoms with E-state index in [-0.39, 0.29) is 5.78 Å². The van der Waals surface area contributed by atoms with E-state index in [4.69, 9.17) is 0 Å². The van der Waals surface area contributed by atoms with E-state index < -0.39 is 8.80 Å². The summed E-state index contributed by atoms with van der Waals surface area (Å²) in [7, 11) is 2.95. The summed E-state index contributed by atoms with van der Waals surface area (Å²) in [6.07, 6.45) is 1.78. The smallest absolute Gasteiger partial charge is 0.192 e. The quantitative estimate of drug-likeness (QED) is 0.624. The minimum Gasteiger partial charge on any atom is -0.378 e. The Hall–Kier alpha value is -2.13. The van der Waals surface area contributed by atoms with Crippen LogP contribution in [0.2, 0.25) is 13.1 Å². The molecule has 0 aliphatic rings. The molecule has 0 saturated heterocycles. The van der Waals surface area contributed by atoms with Crippen LogP contribution in [0.5, 0.6) is 0 Å². The van der Waals surface area contributed by atoms with Crippen LogP contribution in [-0.2, 0) is 0 Å². The number of hydrogen-bond donors (Lipinski definition) is 0. The van der Waals surface area contributed by atoms with E-state index in [1.807, 2.05) is 50.5 Å². The lowest BCUT2D eigenvalue weighted by Crippen LogP contribution is -2.30. The highest BCUT2D eigenvalue weighted by Gasteiger charge is 2.17. The van der Waals surface area contributed by atoms with E-state index in [0.29, 0.717) is 0 Å². The molecule has 0 aromatic heterocycles. The predicted octanol–water partition coefficient (Wildman–Crippen LogP) is 3.32. The van der Waals surface area contributed by atoms with Gasteiger partial charge in [0, 0.05) is 30.9 Å². The summed E-state index contributed by atoms with van der Waals surface area (Å²) in [4.78, 5) is 14.9. The Balaban J connectivity index is 2.45. The van der Waals surface area contributed by atoms with Gasteiger partial charge < -0.3 is 4.90 Å². The fourth-order valence-electron chi connectivity index (χ4n) is 2.44. The molecule has 22 heavy (non-hydrogen) atoms. The van der Waals surface area contributed by atoms with E-state index in [1.54, 1.807) is 6.08 Å². The standard InChI is InChI=1S/C19H23NOSi/c1-6-14-7-9-15(10-8-14)19(21)17-12-11-16(20(2)3)13-18(17)22(4)5/h6-13,22H,1H2,2-5H3. The number of hydrogen-bond acceptors (Lipinski definition) is 2. The van der Waals surface area contributed by atoms with Crippen LogP contribution in [0.3, 0.4) is 0 Å². The van der Waals surface area contributed by atoms with Gasteiger partial charge in [0.25, 0.3) is 0 Å². The maximum Gasteiger partial charge on any atom is 0.192 e. The largest absolute Gasteiger partial charge is 0.378 e. The number of carbonyl (C=O) groups excluding carboxylic acids is 1. The molecule has 2 nitrogen and oxygen atoms in total. The first-order chi connectivity index (χ1) is 10.4. The Bertz CT molecular complexity index is 687. The van der Waals surface area contributed by atoms with Crippen molar-refractivity contribution >= 4 is 31.5 Å². The van der Waals surface area contributed by atoms with Crippen LogP contribution in [0, 0.1) is 0 Å². The Morgan fingerprint density at radius 2 is 1.73 bits per heavy atom. The molecule has 3 heteroatoms. The van der Waals surface area contributed by atoms with Gasteiger partial charge in [0.1, 0.15) is 0 Å². The van der Waals surface area contributed by atoms with Crippen molar-refractivity contribution in [2.75, 3.05) is 19.0 Å². The molecule has 0 amide bonds. The van der Waals surface area contributed by atoms with E-state index in [9.17, 15) is 4.79 Å². The molecule has 0 radical (unpaired) electrons. The molecule has 0 spiro atoms. The first-order valence-corrected chi connectivity index (χ1v) is 10.4. The molecule has 0 heterocycles. The van der Waals surface area contributed by atoms with Crippen LogP contribution < -0.4 is 10.1 Å². The van der Waals surface area contributed by atoms with Gasteiger partial charge in [-0.25, -0.2) is 0 Å². The van der Waals surface area contributed by atoms with E-state index in [1.165, 1.54) is 5.19 Å². The Morgan fingerprint density at radius 1 is 1.09 bits per heavy atom. The van der Waals surface area contributed by atoms with Gasteiger partial charge in [0.15, 0.2) is 5.78 Å². The van der Waals surface area contributed by atoms with Gasteiger partial charge in [0.2, 0.25) is 0 Å². The highest BCUT2D eigenvalue weighted by atomic mass is 28.3. The third kappa shape index (κ3) is 3.36. The number of carbonyl (C=O) groups is 1. The average molecular weight is 309 g/mol. The summed E-state index contributed by atoms with van der Waals surface area (Å²) in [5, 5.41) is 1.23. The summed E-state index contributed by atoms with van der Waals surface area (Å²) < 4.78 is 0. The lowest BCUT2D eigenvalue weighted by molar-refractivity contribution is 0.104. The number of nitrogens with zero attached hydrogens (tertiary/aromatic N) is 1. The third-order valence-corrected chi connectivity index (χ3v) is 5.55. The van der Waals surface area contributed by atoms with Crippen molar-refractivity contribution in [1.82, 2.24) is 0 Å². The molecule has 0 atom stereocenters. The number of ketones is 1. The van der Waals surface area contributed by atoms with Crippen molar-refractivity contribution in [3.63, 3.8) is 0 Å². The van der Waals surface area contributed by atoms with Gasteiger partial charge in [0.05, 0.1) is 8.80 Å². The molecule has 0 unspecified atom stereocenters. The Morgan fingerprint density at radius 3 is 2.23 bits per heavy atom. The van der Waals surface area contributed by atoms with Crippen LogP contribution in [-0.4, -0.2) is 28.7 Å². The highest BCUT2D eigenvalue weighted by Crippen LogP contribution is 2.16.